The Hall–Kier alpha value is -0.910. The first-order chi connectivity index (χ1) is 8.20. The van der Waals surface area contributed by atoms with Crippen molar-refractivity contribution in [1.82, 2.24) is 4.90 Å². The monoisotopic (exact) mass is 255 g/mol. The van der Waals surface area contributed by atoms with Crippen LogP contribution in [0.15, 0.2) is 12.1 Å². The van der Waals surface area contributed by atoms with Crippen LogP contribution in [0.5, 0.6) is 0 Å². The van der Waals surface area contributed by atoms with Crippen LogP contribution < -0.4 is 0 Å². The van der Waals surface area contributed by atoms with Gasteiger partial charge < -0.3 is 9.84 Å². The van der Waals surface area contributed by atoms with E-state index in [0.717, 1.165) is 37.6 Å². The van der Waals surface area contributed by atoms with Gasteiger partial charge in [-0.25, -0.2) is 4.79 Å². The average molecular weight is 255 g/mol. The molecule has 2 rings (SSSR count). The van der Waals surface area contributed by atoms with Crippen molar-refractivity contribution in [3.05, 3.63) is 21.9 Å². The van der Waals surface area contributed by atoms with Gasteiger partial charge in [-0.2, -0.15) is 0 Å². The molecular formula is C12H17NO3S. The Balaban J connectivity index is 2.00. The van der Waals surface area contributed by atoms with Gasteiger partial charge in [-0.3, -0.25) is 4.90 Å². The third-order valence-corrected chi connectivity index (χ3v) is 4.11. The molecule has 1 atom stereocenters. The number of carboxylic acid groups (broad SMARTS) is 1. The molecule has 0 radical (unpaired) electrons. The second-order valence-electron chi connectivity index (χ2n) is 4.18. The summed E-state index contributed by atoms with van der Waals surface area (Å²) in [6.45, 7) is 5.48. The van der Waals surface area contributed by atoms with Crippen LogP contribution in [-0.4, -0.2) is 41.8 Å². The maximum absolute atomic E-state index is 10.8. The first kappa shape index (κ1) is 12.5. The van der Waals surface area contributed by atoms with Gasteiger partial charge in [-0.05, 0) is 18.6 Å². The Kier molecular flexibility index (Phi) is 4.15. The van der Waals surface area contributed by atoms with Crippen LogP contribution in [0.4, 0.5) is 0 Å². The standard InChI is InChI=1S/C12H17NO3S/c1-2-9-8-16-6-5-13(9)7-10-3-4-11(17-10)12(14)15/h3-4,9H,2,5-8H2,1H3,(H,14,15). The van der Waals surface area contributed by atoms with E-state index in [1.165, 1.54) is 11.3 Å². The van der Waals surface area contributed by atoms with Crippen LogP contribution in [0, 0.1) is 0 Å². The van der Waals surface area contributed by atoms with Gasteiger partial charge in [0.15, 0.2) is 0 Å². The largest absolute Gasteiger partial charge is 0.477 e. The number of ether oxygens (including phenoxy) is 1. The summed E-state index contributed by atoms with van der Waals surface area (Å²) in [6.07, 6.45) is 1.07. The molecule has 1 N–H and O–H groups in total. The van der Waals surface area contributed by atoms with Crippen molar-refractivity contribution >= 4 is 17.3 Å². The summed E-state index contributed by atoms with van der Waals surface area (Å²) in [7, 11) is 0. The Morgan fingerprint density at radius 1 is 1.65 bits per heavy atom. The number of morpholine rings is 1. The molecule has 0 spiro atoms. The van der Waals surface area contributed by atoms with E-state index < -0.39 is 5.97 Å². The van der Waals surface area contributed by atoms with E-state index in [1.54, 1.807) is 6.07 Å². The Labute approximate surface area is 105 Å². The third-order valence-electron chi connectivity index (χ3n) is 3.05. The smallest absolute Gasteiger partial charge is 0.345 e. The Morgan fingerprint density at radius 3 is 3.12 bits per heavy atom. The lowest BCUT2D eigenvalue weighted by atomic mass is 10.2. The van der Waals surface area contributed by atoms with Crippen molar-refractivity contribution in [2.75, 3.05) is 19.8 Å². The number of carboxylic acids is 1. The van der Waals surface area contributed by atoms with E-state index in [-0.39, 0.29) is 0 Å². The molecule has 1 fully saturated rings. The number of carbonyl (C=O) groups is 1. The van der Waals surface area contributed by atoms with E-state index in [2.05, 4.69) is 11.8 Å². The van der Waals surface area contributed by atoms with E-state index in [9.17, 15) is 4.79 Å². The van der Waals surface area contributed by atoms with Gasteiger partial charge in [-0.15, -0.1) is 11.3 Å². The van der Waals surface area contributed by atoms with Crippen LogP contribution in [0.3, 0.4) is 0 Å². The van der Waals surface area contributed by atoms with Crippen LogP contribution in [0.2, 0.25) is 0 Å². The number of rotatable bonds is 4. The average Bonchev–Trinajstić information content (AvgIpc) is 2.78. The summed E-state index contributed by atoms with van der Waals surface area (Å²) in [4.78, 5) is 14.7. The number of thiophene rings is 1. The summed E-state index contributed by atoms with van der Waals surface area (Å²) in [6, 6.07) is 4.05. The minimum absolute atomic E-state index is 0.418. The van der Waals surface area contributed by atoms with Crippen molar-refractivity contribution < 1.29 is 14.6 Å². The molecule has 5 heteroatoms. The maximum Gasteiger partial charge on any atom is 0.345 e. The van der Waals surface area contributed by atoms with E-state index in [0.29, 0.717) is 10.9 Å². The fraction of sp³-hybridized carbons (Fsp3) is 0.583. The highest BCUT2D eigenvalue weighted by Gasteiger charge is 2.22. The highest BCUT2D eigenvalue weighted by Crippen LogP contribution is 2.21. The molecule has 0 aromatic carbocycles. The molecule has 94 valence electrons. The van der Waals surface area contributed by atoms with Crippen LogP contribution in [0.25, 0.3) is 0 Å². The molecule has 1 aromatic heterocycles. The molecule has 1 aliphatic rings. The molecule has 1 aromatic rings. The number of aromatic carboxylic acids is 1. The molecule has 0 amide bonds. The molecule has 1 aliphatic heterocycles. The first-order valence-corrected chi connectivity index (χ1v) is 6.66. The van der Waals surface area contributed by atoms with Gasteiger partial charge in [0.05, 0.1) is 13.2 Å². The van der Waals surface area contributed by atoms with Gasteiger partial charge in [0.2, 0.25) is 0 Å². The lowest BCUT2D eigenvalue weighted by molar-refractivity contribution is -0.0122. The molecule has 0 saturated carbocycles. The zero-order chi connectivity index (χ0) is 12.3. The van der Waals surface area contributed by atoms with Crippen molar-refractivity contribution in [1.29, 1.82) is 0 Å². The van der Waals surface area contributed by atoms with Gasteiger partial charge in [0.1, 0.15) is 4.88 Å². The second-order valence-corrected chi connectivity index (χ2v) is 5.35. The first-order valence-electron chi connectivity index (χ1n) is 5.84. The lowest BCUT2D eigenvalue weighted by Gasteiger charge is -2.34. The topological polar surface area (TPSA) is 49.8 Å². The lowest BCUT2D eigenvalue weighted by Crippen LogP contribution is -2.44. The maximum atomic E-state index is 10.8. The minimum atomic E-state index is -0.838. The van der Waals surface area contributed by atoms with Crippen molar-refractivity contribution in [3.63, 3.8) is 0 Å². The molecule has 17 heavy (non-hydrogen) atoms. The quantitative estimate of drug-likeness (QED) is 0.894. The van der Waals surface area contributed by atoms with Crippen molar-refractivity contribution in [2.45, 2.75) is 25.9 Å². The molecule has 1 saturated heterocycles. The number of nitrogens with zero attached hydrogens (tertiary/aromatic N) is 1. The van der Waals surface area contributed by atoms with E-state index >= 15 is 0 Å². The molecule has 2 heterocycles. The highest BCUT2D eigenvalue weighted by molar-refractivity contribution is 7.13. The predicted molar refractivity (Wildman–Crippen MR) is 66.6 cm³/mol. The third kappa shape index (κ3) is 3.06. The molecular weight excluding hydrogens is 238 g/mol. The fourth-order valence-electron chi connectivity index (χ4n) is 2.05. The number of hydrogen-bond acceptors (Lipinski definition) is 4. The summed E-state index contributed by atoms with van der Waals surface area (Å²) in [5.74, 6) is -0.838. The summed E-state index contributed by atoms with van der Waals surface area (Å²) in [5, 5.41) is 8.88. The Bertz CT molecular complexity index is 391. The summed E-state index contributed by atoms with van der Waals surface area (Å²) >= 11 is 1.37. The summed E-state index contributed by atoms with van der Waals surface area (Å²) < 4.78 is 5.45. The summed E-state index contributed by atoms with van der Waals surface area (Å²) in [5.41, 5.74) is 0. The predicted octanol–water partition coefficient (Wildman–Crippen LogP) is 2.06. The Morgan fingerprint density at radius 2 is 2.47 bits per heavy atom. The molecule has 0 bridgehead atoms. The molecule has 4 nitrogen and oxygen atoms in total. The number of hydrogen-bond donors (Lipinski definition) is 1. The van der Waals surface area contributed by atoms with E-state index in [4.69, 9.17) is 9.84 Å². The highest BCUT2D eigenvalue weighted by atomic mass is 32.1. The zero-order valence-electron chi connectivity index (χ0n) is 9.89. The fourth-order valence-corrected chi connectivity index (χ4v) is 2.92. The van der Waals surface area contributed by atoms with Gasteiger partial charge >= 0.3 is 5.97 Å². The van der Waals surface area contributed by atoms with Gasteiger partial charge in [0, 0.05) is 24.0 Å². The SMILES string of the molecule is CCC1COCCN1Cc1ccc(C(=O)O)s1. The molecule has 1 unspecified atom stereocenters. The van der Waals surface area contributed by atoms with E-state index in [1.807, 2.05) is 6.07 Å². The van der Waals surface area contributed by atoms with Crippen molar-refractivity contribution in [3.8, 4) is 0 Å². The van der Waals surface area contributed by atoms with Crippen LogP contribution >= 0.6 is 11.3 Å². The normalized spacial score (nSPS) is 21.6. The zero-order valence-corrected chi connectivity index (χ0v) is 10.7. The van der Waals surface area contributed by atoms with Gasteiger partial charge in [0.25, 0.3) is 0 Å². The second kappa shape index (κ2) is 5.62. The minimum Gasteiger partial charge on any atom is -0.477 e. The van der Waals surface area contributed by atoms with Gasteiger partial charge in [-0.1, -0.05) is 6.92 Å². The van der Waals surface area contributed by atoms with Crippen molar-refractivity contribution in [2.24, 2.45) is 0 Å². The van der Waals surface area contributed by atoms with Crippen LogP contribution in [-0.2, 0) is 11.3 Å². The molecule has 0 aliphatic carbocycles. The van der Waals surface area contributed by atoms with Crippen LogP contribution in [0.1, 0.15) is 27.9 Å².